The van der Waals surface area contributed by atoms with E-state index in [1.54, 1.807) is 39.3 Å². The van der Waals surface area contributed by atoms with Gasteiger partial charge < -0.3 is 10.1 Å². The Hall–Kier alpha value is -3.98. The van der Waals surface area contributed by atoms with Crippen molar-refractivity contribution in [2.24, 2.45) is 0 Å². The van der Waals surface area contributed by atoms with E-state index >= 15 is 0 Å². The minimum atomic E-state index is -0.206. The number of amides is 1. The highest BCUT2D eigenvalue weighted by molar-refractivity contribution is 7.13. The minimum Gasteiger partial charge on any atom is -0.471 e. The van der Waals surface area contributed by atoms with E-state index in [4.69, 9.17) is 4.74 Å². The summed E-state index contributed by atoms with van der Waals surface area (Å²) in [5.41, 5.74) is 5.46. The molecule has 4 heterocycles. The lowest BCUT2D eigenvalue weighted by Gasteiger charge is -2.09. The molecular formula is C25H24N6O2S. The Labute approximate surface area is 200 Å². The van der Waals surface area contributed by atoms with Crippen molar-refractivity contribution in [2.45, 2.75) is 34.0 Å². The maximum atomic E-state index is 12.7. The lowest BCUT2D eigenvalue weighted by molar-refractivity contribution is -0.116. The number of pyridine rings is 1. The summed E-state index contributed by atoms with van der Waals surface area (Å²) < 4.78 is 9.13. The standard InChI is InChI=1S/C25H24N6O2S/c1-16-6-7-21(17(2)11-16)33-15-30-13-19(12-27-30)28-23(32)14-31-25-24(18(3)29-31)20(8-9-26-25)22-5-4-10-34-22/h4-13H,14-15H2,1-3H3,(H,28,32). The zero-order valence-corrected chi connectivity index (χ0v) is 20.0. The Morgan fingerprint density at radius 1 is 1.18 bits per heavy atom. The first-order valence-electron chi connectivity index (χ1n) is 10.9. The fourth-order valence-electron chi connectivity index (χ4n) is 3.96. The number of carbonyl (C=O) groups is 1. The number of carbonyl (C=O) groups excluding carboxylic acids is 1. The normalized spacial score (nSPS) is 11.1. The van der Waals surface area contributed by atoms with E-state index < -0.39 is 0 Å². The van der Waals surface area contributed by atoms with Crippen molar-refractivity contribution in [2.75, 3.05) is 5.32 Å². The van der Waals surface area contributed by atoms with Gasteiger partial charge in [-0.1, -0.05) is 23.8 Å². The number of benzene rings is 1. The van der Waals surface area contributed by atoms with Crippen molar-refractivity contribution in [3.05, 3.63) is 77.2 Å². The van der Waals surface area contributed by atoms with Gasteiger partial charge in [0.15, 0.2) is 12.4 Å². The molecule has 1 aromatic carbocycles. The van der Waals surface area contributed by atoms with E-state index in [-0.39, 0.29) is 19.2 Å². The van der Waals surface area contributed by atoms with Crippen LogP contribution >= 0.6 is 11.3 Å². The van der Waals surface area contributed by atoms with Crippen molar-refractivity contribution in [3.8, 4) is 16.2 Å². The minimum absolute atomic E-state index is 0.0511. The van der Waals surface area contributed by atoms with Gasteiger partial charge in [0.2, 0.25) is 5.91 Å². The average Bonchev–Trinajstić information content (AvgIpc) is 3.55. The van der Waals surface area contributed by atoms with E-state index in [1.165, 1.54) is 5.56 Å². The van der Waals surface area contributed by atoms with Crippen LogP contribution in [0.25, 0.3) is 21.5 Å². The topological polar surface area (TPSA) is 86.9 Å². The van der Waals surface area contributed by atoms with Gasteiger partial charge in [0.05, 0.1) is 29.2 Å². The molecule has 0 bridgehead atoms. The number of hydrogen-bond donors (Lipinski definition) is 1. The van der Waals surface area contributed by atoms with Crippen LogP contribution in [0.15, 0.2) is 60.4 Å². The van der Waals surface area contributed by atoms with E-state index in [0.29, 0.717) is 11.3 Å². The summed E-state index contributed by atoms with van der Waals surface area (Å²) in [6.07, 6.45) is 5.09. The summed E-state index contributed by atoms with van der Waals surface area (Å²) in [4.78, 5) is 18.4. The zero-order valence-electron chi connectivity index (χ0n) is 19.1. The molecule has 0 spiro atoms. The molecule has 0 aliphatic rings. The molecule has 1 amide bonds. The molecule has 0 atom stereocenters. The Morgan fingerprint density at radius 2 is 2.06 bits per heavy atom. The SMILES string of the molecule is Cc1ccc(OCn2cc(NC(=O)Cn3nc(C)c4c(-c5cccs5)ccnc43)cn2)c(C)c1. The molecule has 0 unspecified atom stereocenters. The molecule has 5 aromatic rings. The quantitative estimate of drug-likeness (QED) is 0.362. The van der Waals surface area contributed by atoms with Crippen LogP contribution < -0.4 is 10.1 Å². The highest BCUT2D eigenvalue weighted by Gasteiger charge is 2.16. The van der Waals surface area contributed by atoms with Crippen molar-refractivity contribution in [3.63, 3.8) is 0 Å². The smallest absolute Gasteiger partial charge is 0.246 e. The second-order valence-corrected chi connectivity index (χ2v) is 9.08. The van der Waals surface area contributed by atoms with E-state index in [0.717, 1.165) is 32.8 Å². The van der Waals surface area contributed by atoms with Crippen LogP contribution in [-0.2, 0) is 18.1 Å². The predicted octanol–water partition coefficient (Wildman–Crippen LogP) is 4.96. The number of thiophene rings is 1. The van der Waals surface area contributed by atoms with Gasteiger partial charge in [0.25, 0.3) is 0 Å². The van der Waals surface area contributed by atoms with Gasteiger partial charge in [-0.25, -0.2) is 14.3 Å². The van der Waals surface area contributed by atoms with Gasteiger partial charge in [-0.05, 0) is 49.9 Å². The lowest BCUT2D eigenvalue weighted by atomic mass is 10.1. The molecule has 1 N–H and O–H groups in total. The molecule has 0 aliphatic heterocycles. The van der Waals surface area contributed by atoms with Gasteiger partial charge in [-0.2, -0.15) is 10.2 Å². The Balaban J connectivity index is 1.26. The first-order valence-corrected chi connectivity index (χ1v) is 11.7. The fraction of sp³-hybridized carbons (Fsp3) is 0.200. The second-order valence-electron chi connectivity index (χ2n) is 8.14. The molecule has 0 radical (unpaired) electrons. The van der Waals surface area contributed by atoms with Gasteiger partial charge in [-0.15, -0.1) is 11.3 Å². The number of nitrogens with zero attached hydrogens (tertiary/aromatic N) is 5. The molecule has 0 fully saturated rings. The maximum absolute atomic E-state index is 12.7. The Morgan fingerprint density at radius 3 is 2.85 bits per heavy atom. The molecule has 5 rings (SSSR count). The Bertz CT molecular complexity index is 1470. The number of ether oxygens (including phenoxy) is 1. The number of aromatic nitrogens is 5. The average molecular weight is 473 g/mol. The third-order valence-electron chi connectivity index (χ3n) is 5.49. The molecule has 34 heavy (non-hydrogen) atoms. The number of fused-ring (bicyclic) bond motifs is 1. The van der Waals surface area contributed by atoms with Crippen molar-refractivity contribution < 1.29 is 9.53 Å². The third-order valence-corrected chi connectivity index (χ3v) is 6.39. The molecule has 9 heteroatoms. The van der Waals surface area contributed by atoms with Crippen molar-refractivity contribution in [1.82, 2.24) is 24.5 Å². The molecular weight excluding hydrogens is 448 g/mol. The number of hydrogen-bond acceptors (Lipinski definition) is 6. The largest absolute Gasteiger partial charge is 0.471 e. The molecule has 0 saturated carbocycles. The van der Waals surface area contributed by atoms with Crippen molar-refractivity contribution in [1.29, 1.82) is 0 Å². The van der Waals surface area contributed by atoms with Crippen LogP contribution in [0, 0.1) is 20.8 Å². The van der Waals surface area contributed by atoms with Crippen LogP contribution in [0.1, 0.15) is 16.8 Å². The number of nitrogens with one attached hydrogen (secondary N) is 1. The number of anilines is 1. The second kappa shape index (κ2) is 9.11. The van der Waals surface area contributed by atoms with Crippen LogP contribution in [-0.4, -0.2) is 30.5 Å². The lowest BCUT2D eigenvalue weighted by Crippen LogP contribution is -2.19. The molecule has 172 valence electrons. The Kier molecular flexibility index (Phi) is 5.85. The van der Waals surface area contributed by atoms with E-state index in [9.17, 15) is 4.79 Å². The molecule has 8 nitrogen and oxygen atoms in total. The van der Waals surface area contributed by atoms with Gasteiger partial charge in [0.1, 0.15) is 12.3 Å². The summed E-state index contributed by atoms with van der Waals surface area (Å²) >= 11 is 1.67. The van der Waals surface area contributed by atoms with Crippen LogP contribution in [0.3, 0.4) is 0 Å². The summed E-state index contributed by atoms with van der Waals surface area (Å²) in [6.45, 7) is 6.30. The number of rotatable bonds is 7. The van der Waals surface area contributed by atoms with Crippen LogP contribution in [0.4, 0.5) is 5.69 Å². The number of aryl methyl sites for hydroxylation is 3. The predicted molar refractivity (Wildman–Crippen MR) is 133 cm³/mol. The van der Waals surface area contributed by atoms with Crippen molar-refractivity contribution >= 4 is 34.0 Å². The summed E-state index contributed by atoms with van der Waals surface area (Å²) in [5, 5.41) is 14.7. The first kappa shape index (κ1) is 21.8. The van der Waals surface area contributed by atoms with Crippen LogP contribution in [0.2, 0.25) is 0 Å². The zero-order chi connectivity index (χ0) is 23.7. The van der Waals surface area contributed by atoms with E-state index in [1.807, 2.05) is 50.4 Å². The van der Waals surface area contributed by atoms with Gasteiger partial charge in [-0.3, -0.25) is 4.79 Å². The summed E-state index contributed by atoms with van der Waals surface area (Å²) in [5.74, 6) is 0.601. The highest BCUT2D eigenvalue weighted by atomic mass is 32.1. The van der Waals surface area contributed by atoms with E-state index in [2.05, 4.69) is 32.6 Å². The maximum Gasteiger partial charge on any atom is 0.246 e. The monoisotopic (exact) mass is 472 g/mol. The summed E-state index contributed by atoms with van der Waals surface area (Å²) in [7, 11) is 0. The third kappa shape index (κ3) is 4.42. The summed E-state index contributed by atoms with van der Waals surface area (Å²) in [6, 6.07) is 12.1. The van der Waals surface area contributed by atoms with Gasteiger partial charge in [0, 0.05) is 16.6 Å². The first-order chi connectivity index (χ1) is 16.5. The molecule has 0 saturated heterocycles. The van der Waals surface area contributed by atoms with Crippen LogP contribution in [0.5, 0.6) is 5.75 Å². The van der Waals surface area contributed by atoms with Gasteiger partial charge >= 0.3 is 0 Å². The molecule has 4 aromatic heterocycles. The fourth-order valence-corrected chi connectivity index (χ4v) is 4.72. The molecule has 0 aliphatic carbocycles. The highest BCUT2D eigenvalue weighted by Crippen LogP contribution is 2.32.